The number of rotatable bonds is 5. The molecule has 1 aliphatic heterocycles. The molecule has 26 heavy (non-hydrogen) atoms. The second kappa shape index (κ2) is 6.46. The zero-order valence-electron chi connectivity index (χ0n) is 14.5. The Hall–Kier alpha value is -2.28. The van der Waals surface area contributed by atoms with Gasteiger partial charge in [0.1, 0.15) is 11.4 Å². The Morgan fingerprint density at radius 2 is 2.00 bits per heavy atom. The Bertz CT molecular complexity index is 771. The molecule has 1 N–H and O–H groups in total. The molecular weight excluding hydrogens is 340 g/mol. The van der Waals surface area contributed by atoms with Crippen LogP contribution < -0.4 is 9.64 Å². The van der Waals surface area contributed by atoms with Crippen LogP contribution in [0.2, 0.25) is 0 Å². The fourth-order valence-electron chi connectivity index (χ4n) is 4.25. The average Bonchev–Trinajstić information content (AvgIpc) is 2.59. The molecule has 2 fully saturated rings. The summed E-state index contributed by atoms with van der Waals surface area (Å²) in [6.45, 7) is 1.74. The largest absolute Gasteiger partial charge is 0.496 e. The number of aliphatic hydroxyl groups is 1. The number of pyridine rings is 2. The quantitative estimate of drug-likeness (QED) is 0.885. The second-order valence-corrected chi connectivity index (χ2v) is 7.33. The van der Waals surface area contributed by atoms with E-state index in [9.17, 15) is 13.9 Å². The SMILES string of the molecule is COc1ccncc1C(O)C1CC2(C1)CN(c1ccc(C(F)F)nc1)C2. The Balaban J connectivity index is 1.34. The van der Waals surface area contributed by atoms with Crippen molar-refractivity contribution in [1.82, 2.24) is 9.97 Å². The first-order valence-corrected chi connectivity index (χ1v) is 8.66. The van der Waals surface area contributed by atoms with E-state index >= 15 is 0 Å². The molecule has 1 atom stereocenters. The lowest BCUT2D eigenvalue weighted by atomic mass is 9.55. The summed E-state index contributed by atoms with van der Waals surface area (Å²) in [5, 5.41) is 10.7. The summed E-state index contributed by atoms with van der Waals surface area (Å²) in [6, 6.07) is 4.84. The molecule has 2 aliphatic rings. The van der Waals surface area contributed by atoms with Gasteiger partial charge in [-0.2, -0.15) is 0 Å². The lowest BCUT2D eigenvalue weighted by Crippen LogP contribution is -2.63. The van der Waals surface area contributed by atoms with E-state index < -0.39 is 12.5 Å². The molecule has 1 saturated heterocycles. The van der Waals surface area contributed by atoms with Crippen molar-refractivity contribution in [2.75, 3.05) is 25.1 Å². The summed E-state index contributed by atoms with van der Waals surface area (Å²) in [7, 11) is 1.59. The maximum atomic E-state index is 12.6. The van der Waals surface area contributed by atoms with E-state index in [-0.39, 0.29) is 17.0 Å². The molecule has 1 aliphatic carbocycles. The Morgan fingerprint density at radius 3 is 2.62 bits per heavy atom. The minimum absolute atomic E-state index is 0.189. The molecule has 0 amide bonds. The van der Waals surface area contributed by atoms with Crippen molar-refractivity contribution in [3.63, 3.8) is 0 Å². The number of alkyl halides is 2. The van der Waals surface area contributed by atoms with Gasteiger partial charge in [0.2, 0.25) is 0 Å². The van der Waals surface area contributed by atoms with E-state index in [2.05, 4.69) is 14.9 Å². The van der Waals surface area contributed by atoms with E-state index in [0.29, 0.717) is 5.75 Å². The van der Waals surface area contributed by atoms with Gasteiger partial charge < -0.3 is 14.7 Å². The zero-order valence-corrected chi connectivity index (χ0v) is 14.5. The fraction of sp³-hybridized carbons (Fsp3) is 0.474. The van der Waals surface area contributed by atoms with Gasteiger partial charge in [-0.1, -0.05) is 0 Å². The van der Waals surface area contributed by atoms with E-state index in [1.165, 1.54) is 12.3 Å². The highest BCUT2D eigenvalue weighted by Crippen LogP contribution is 2.56. The molecule has 4 rings (SSSR count). The van der Waals surface area contributed by atoms with Crippen LogP contribution in [0.15, 0.2) is 36.8 Å². The monoisotopic (exact) mass is 361 g/mol. The topological polar surface area (TPSA) is 58.5 Å². The molecule has 1 spiro atoms. The number of methoxy groups -OCH3 is 1. The number of ether oxygens (including phenoxy) is 1. The third-order valence-corrected chi connectivity index (χ3v) is 5.60. The Kier molecular flexibility index (Phi) is 4.26. The summed E-state index contributed by atoms with van der Waals surface area (Å²) >= 11 is 0. The van der Waals surface area contributed by atoms with Crippen molar-refractivity contribution < 1.29 is 18.6 Å². The van der Waals surface area contributed by atoms with Gasteiger partial charge >= 0.3 is 0 Å². The number of anilines is 1. The summed E-state index contributed by atoms with van der Waals surface area (Å²) in [4.78, 5) is 10.1. The van der Waals surface area contributed by atoms with Gasteiger partial charge in [-0.15, -0.1) is 0 Å². The molecule has 1 saturated carbocycles. The van der Waals surface area contributed by atoms with E-state index in [1.54, 1.807) is 31.6 Å². The summed E-state index contributed by atoms with van der Waals surface area (Å²) < 4.78 is 30.5. The van der Waals surface area contributed by atoms with Crippen molar-refractivity contribution in [3.05, 3.63) is 48.0 Å². The van der Waals surface area contributed by atoms with Crippen molar-refractivity contribution in [1.29, 1.82) is 0 Å². The standard InChI is InChI=1S/C19H21F2N3O2/c1-26-16-4-5-22-9-14(16)17(25)12-6-19(7-12)10-24(11-19)13-2-3-15(18(20)21)23-8-13/h2-5,8-9,12,17-18,25H,6-7,10-11H2,1H3. The van der Waals surface area contributed by atoms with Gasteiger partial charge in [0.15, 0.2) is 0 Å². The summed E-state index contributed by atoms with van der Waals surface area (Å²) in [5.41, 5.74) is 1.62. The van der Waals surface area contributed by atoms with Gasteiger partial charge in [0, 0.05) is 36.5 Å². The molecule has 0 radical (unpaired) electrons. The molecule has 5 nitrogen and oxygen atoms in total. The minimum Gasteiger partial charge on any atom is -0.496 e. The van der Waals surface area contributed by atoms with Crippen LogP contribution in [0.25, 0.3) is 0 Å². The van der Waals surface area contributed by atoms with Crippen molar-refractivity contribution in [2.45, 2.75) is 25.4 Å². The number of aliphatic hydroxyl groups excluding tert-OH is 1. The highest BCUT2D eigenvalue weighted by molar-refractivity contribution is 5.49. The zero-order chi connectivity index (χ0) is 18.3. The van der Waals surface area contributed by atoms with Crippen LogP contribution in [0.1, 0.15) is 36.6 Å². The average molecular weight is 361 g/mol. The lowest BCUT2D eigenvalue weighted by Gasteiger charge is -2.60. The van der Waals surface area contributed by atoms with E-state index in [0.717, 1.165) is 37.2 Å². The van der Waals surface area contributed by atoms with Crippen molar-refractivity contribution in [3.8, 4) is 5.75 Å². The van der Waals surface area contributed by atoms with E-state index in [4.69, 9.17) is 4.74 Å². The maximum Gasteiger partial charge on any atom is 0.280 e. The number of hydrogen-bond acceptors (Lipinski definition) is 5. The van der Waals surface area contributed by atoms with E-state index in [1.807, 2.05) is 0 Å². The number of nitrogens with zero attached hydrogens (tertiary/aromatic N) is 3. The molecule has 2 aromatic rings. The molecule has 0 bridgehead atoms. The first kappa shape index (κ1) is 17.1. The smallest absolute Gasteiger partial charge is 0.280 e. The third-order valence-electron chi connectivity index (χ3n) is 5.60. The van der Waals surface area contributed by atoms with Gasteiger partial charge in [-0.05, 0) is 37.0 Å². The minimum atomic E-state index is -2.54. The van der Waals surface area contributed by atoms with Gasteiger partial charge in [0.05, 0.1) is 25.1 Å². The van der Waals surface area contributed by atoms with Crippen LogP contribution in [0, 0.1) is 11.3 Å². The van der Waals surface area contributed by atoms with Gasteiger partial charge in [-0.3, -0.25) is 9.97 Å². The molecule has 3 heterocycles. The molecule has 138 valence electrons. The fourth-order valence-corrected chi connectivity index (χ4v) is 4.25. The summed E-state index contributed by atoms with van der Waals surface area (Å²) in [6.07, 6.45) is 3.58. The third kappa shape index (κ3) is 2.90. The predicted octanol–water partition coefficient (Wildman–Crippen LogP) is 3.37. The van der Waals surface area contributed by atoms with Crippen LogP contribution >= 0.6 is 0 Å². The molecule has 1 unspecified atom stereocenters. The lowest BCUT2D eigenvalue weighted by molar-refractivity contribution is -0.0516. The normalized spacial score (nSPS) is 20.0. The number of aromatic nitrogens is 2. The van der Waals surface area contributed by atoms with Crippen molar-refractivity contribution >= 4 is 5.69 Å². The molecule has 2 aromatic heterocycles. The predicted molar refractivity (Wildman–Crippen MR) is 92.3 cm³/mol. The van der Waals surface area contributed by atoms with Crippen molar-refractivity contribution in [2.24, 2.45) is 11.3 Å². The molecule has 0 aromatic carbocycles. The highest BCUT2D eigenvalue weighted by atomic mass is 19.3. The first-order valence-electron chi connectivity index (χ1n) is 8.66. The van der Waals surface area contributed by atoms with Crippen LogP contribution in [-0.2, 0) is 0 Å². The van der Waals surface area contributed by atoms with Crippen LogP contribution in [0.3, 0.4) is 0 Å². The van der Waals surface area contributed by atoms with Gasteiger partial charge in [-0.25, -0.2) is 8.78 Å². The highest BCUT2D eigenvalue weighted by Gasteiger charge is 2.54. The van der Waals surface area contributed by atoms with Gasteiger partial charge in [0.25, 0.3) is 6.43 Å². The van der Waals surface area contributed by atoms with Crippen LogP contribution in [0.4, 0.5) is 14.5 Å². The number of hydrogen-bond donors (Lipinski definition) is 1. The van der Waals surface area contributed by atoms with Crippen LogP contribution in [-0.4, -0.2) is 35.3 Å². The molecular formula is C19H21F2N3O2. The number of halogens is 2. The molecule has 7 heteroatoms. The Morgan fingerprint density at radius 1 is 1.23 bits per heavy atom. The first-order chi connectivity index (χ1) is 12.5. The van der Waals surface area contributed by atoms with Crippen LogP contribution in [0.5, 0.6) is 5.75 Å². The Labute approximate surface area is 150 Å². The maximum absolute atomic E-state index is 12.6. The summed E-state index contributed by atoms with van der Waals surface area (Å²) in [5.74, 6) is 0.850. The second-order valence-electron chi connectivity index (χ2n) is 7.33.